The molecule has 16 heavy (non-hydrogen) atoms. The van der Waals surface area contributed by atoms with Crippen LogP contribution in [-0.2, 0) is 9.84 Å². The molecule has 3 nitrogen and oxygen atoms in total. The van der Waals surface area contributed by atoms with Crippen molar-refractivity contribution in [3.8, 4) is 5.75 Å². The van der Waals surface area contributed by atoms with Crippen molar-refractivity contribution in [2.45, 2.75) is 9.79 Å². The van der Waals surface area contributed by atoms with Gasteiger partial charge in [0.05, 0.1) is 4.90 Å². The normalized spacial score (nSPS) is 11.2. The fourth-order valence-electron chi connectivity index (χ4n) is 1.36. The van der Waals surface area contributed by atoms with Gasteiger partial charge in [0, 0.05) is 0 Å². The first-order chi connectivity index (χ1) is 7.62. The fraction of sp³-hybridized carbons (Fsp3) is 0. The largest absolute Gasteiger partial charge is 0.507 e. The van der Waals surface area contributed by atoms with E-state index in [0.717, 1.165) is 0 Å². The highest BCUT2D eigenvalue weighted by atomic mass is 32.2. The lowest BCUT2D eigenvalue weighted by Gasteiger charge is -2.05. The lowest BCUT2D eigenvalue weighted by atomic mass is 10.3. The Labute approximate surface area is 93.9 Å². The molecular formula is C12H9O3S. The van der Waals surface area contributed by atoms with Gasteiger partial charge in [0.1, 0.15) is 10.6 Å². The Hall–Kier alpha value is -1.81. The standard InChI is InChI=1S/C12H9O3S/c13-11-8-4-5-9-12(11)16(14,15)10-6-2-1-3-7-10/h1-3,5-9,13H. The van der Waals surface area contributed by atoms with Gasteiger partial charge in [0.25, 0.3) is 0 Å². The van der Waals surface area contributed by atoms with Crippen LogP contribution in [0.2, 0.25) is 0 Å². The molecule has 0 bridgehead atoms. The molecule has 2 aromatic rings. The zero-order chi connectivity index (χ0) is 11.6. The first-order valence-electron chi connectivity index (χ1n) is 4.61. The Morgan fingerprint density at radius 3 is 2.38 bits per heavy atom. The number of aromatic hydroxyl groups is 1. The van der Waals surface area contributed by atoms with Gasteiger partial charge < -0.3 is 5.11 Å². The van der Waals surface area contributed by atoms with Crippen molar-refractivity contribution in [2.75, 3.05) is 0 Å². The molecule has 0 aliphatic carbocycles. The molecule has 0 unspecified atom stereocenters. The summed E-state index contributed by atoms with van der Waals surface area (Å²) in [4.78, 5) is 0.0638. The monoisotopic (exact) mass is 233 g/mol. The highest BCUT2D eigenvalue weighted by molar-refractivity contribution is 7.91. The quantitative estimate of drug-likeness (QED) is 0.863. The predicted molar refractivity (Wildman–Crippen MR) is 58.8 cm³/mol. The van der Waals surface area contributed by atoms with Crippen molar-refractivity contribution in [1.29, 1.82) is 0 Å². The number of phenols is 1. The van der Waals surface area contributed by atoms with Gasteiger partial charge >= 0.3 is 0 Å². The smallest absolute Gasteiger partial charge is 0.210 e. The maximum Gasteiger partial charge on any atom is 0.210 e. The Kier molecular flexibility index (Phi) is 2.66. The van der Waals surface area contributed by atoms with E-state index < -0.39 is 9.84 Å². The van der Waals surface area contributed by atoms with Crippen LogP contribution in [0.15, 0.2) is 58.3 Å². The van der Waals surface area contributed by atoms with Gasteiger partial charge in [-0.1, -0.05) is 24.3 Å². The van der Waals surface area contributed by atoms with Gasteiger partial charge in [-0.2, -0.15) is 0 Å². The van der Waals surface area contributed by atoms with Gasteiger partial charge in [-0.25, -0.2) is 8.42 Å². The third-order valence-corrected chi connectivity index (χ3v) is 3.96. The number of sulfone groups is 1. The summed E-state index contributed by atoms with van der Waals surface area (Å²) in [5.74, 6) is -0.286. The van der Waals surface area contributed by atoms with Gasteiger partial charge in [-0.15, -0.1) is 0 Å². The summed E-state index contributed by atoms with van der Waals surface area (Å²) in [5.41, 5.74) is 0. The SMILES string of the molecule is O=S(=O)(c1ccccc1)c1cc[c]cc1O. The number of hydrogen-bond donors (Lipinski definition) is 1. The van der Waals surface area contributed by atoms with E-state index in [4.69, 9.17) is 0 Å². The topological polar surface area (TPSA) is 54.4 Å². The van der Waals surface area contributed by atoms with Gasteiger partial charge in [0.15, 0.2) is 0 Å². The van der Waals surface area contributed by atoms with Crippen LogP contribution in [0.3, 0.4) is 0 Å². The van der Waals surface area contributed by atoms with E-state index in [1.807, 2.05) is 0 Å². The van der Waals surface area contributed by atoms with Crippen LogP contribution in [0.1, 0.15) is 0 Å². The van der Waals surface area contributed by atoms with Crippen LogP contribution in [0, 0.1) is 6.07 Å². The average molecular weight is 233 g/mol. The molecule has 0 saturated heterocycles. The van der Waals surface area contributed by atoms with Gasteiger partial charge in [0.2, 0.25) is 9.84 Å². The molecule has 0 saturated carbocycles. The summed E-state index contributed by atoms with van der Waals surface area (Å²) >= 11 is 0. The van der Waals surface area contributed by atoms with Crippen molar-refractivity contribution in [2.24, 2.45) is 0 Å². The van der Waals surface area contributed by atoms with Crippen molar-refractivity contribution in [1.82, 2.24) is 0 Å². The van der Waals surface area contributed by atoms with E-state index in [1.54, 1.807) is 18.2 Å². The second-order valence-corrected chi connectivity index (χ2v) is 5.13. The van der Waals surface area contributed by atoms with Crippen LogP contribution in [0.25, 0.3) is 0 Å². The Balaban J connectivity index is 2.62. The van der Waals surface area contributed by atoms with Crippen molar-refractivity contribution < 1.29 is 13.5 Å². The summed E-state index contributed by atoms with van der Waals surface area (Å²) in [6.45, 7) is 0. The highest BCUT2D eigenvalue weighted by Gasteiger charge is 2.20. The fourth-order valence-corrected chi connectivity index (χ4v) is 2.71. The van der Waals surface area contributed by atoms with Crippen molar-refractivity contribution in [3.05, 3.63) is 54.6 Å². The molecule has 2 aromatic carbocycles. The summed E-state index contributed by atoms with van der Waals surface area (Å²) < 4.78 is 24.2. The lowest BCUT2D eigenvalue weighted by Crippen LogP contribution is -2.01. The minimum Gasteiger partial charge on any atom is -0.507 e. The van der Waals surface area contributed by atoms with E-state index >= 15 is 0 Å². The minimum absolute atomic E-state index is 0.0996. The Morgan fingerprint density at radius 2 is 1.75 bits per heavy atom. The van der Waals surface area contributed by atoms with Gasteiger partial charge in [-0.05, 0) is 30.3 Å². The Bertz CT molecular complexity index is 589. The molecule has 0 heterocycles. The number of benzene rings is 2. The number of phenolic OH excluding ortho intramolecular Hbond substituents is 1. The first-order valence-corrected chi connectivity index (χ1v) is 6.10. The second-order valence-electron chi connectivity index (χ2n) is 3.21. The summed E-state index contributed by atoms with van der Waals surface area (Å²) in [5, 5.41) is 9.50. The number of hydrogen-bond acceptors (Lipinski definition) is 3. The second kappa shape index (κ2) is 3.98. The summed E-state index contributed by atoms with van der Waals surface area (Å²) in [6, 6.07) is 14.6. The molecule has 0 fully saturated rings. The molecule has 1 N–H and O–H groups in total. The van der Waals surface area contributed by atoms with Crippen LogP contribution in [0.4, 0.5) is 0 Å². The molecule has 4 heteroatoms. The van der Waals surface area contributed by atoms with Crippen LogP contribution in [-0.4, -0.2) is 13.5 Å². The minimum atomic E-state index is -3.64. The van der Waals surface area contributed by atoms with Crippen molar-refractivity contribution in [3.63, 3.8) is 0 Å². The lowest BCUT2D eigenvalue weighted by molar-refractivity contribution is 0.458. The summed E-state index contributed by atoms with van der Waals surface area (Å²) in [6.07, 6.45) is 0. The molecule has 1 radical (unpaired) electrons. The van der Waals surface area contributed by atoms with Crippen LogP contribution < -0.4 is 0 Å². The molecule has 2 rings (SSSR count). The third-order valence-electron chi connectivity index (χ3n) is 2.15. The maximum atomic E-state index is 12.1. The zero-order valence-corrected chi connectivity index (χ0v) is 9.11. The molecule has 0 amide bonds. The molecule has 0 aliphatic rings. The molecule has 0 spiro atoms. The molecule has 0 aliphatic heterocycles. The predicted octanol–water partition coefficient (Wildman–Crippen LogP) is 2.03. The van der Waals surface area contributed by atoms with Crippen LogP contribution >= 0.6 is 0 Å². The van der Waals surface area contributed by atoms with Crippen molar-refractivity contribution >= 4 is 9.84 Å². The van der Waals surface area contributed by atoms with E-state index in [0.29, 0.717) is 0 Å². The van der Waals surface area contributed by atoms with Crippen LogP contribution in [0.5, 0.6) is 5.75 Å². The average Bonchev–Trinajstić information content (AvgIpc) is 2.30. The molecule has 81 valence electrons. The maximum absolute atomic E-state index is 12.1. The van der Waals surface area contributed by atoms with E-state index in [2.05, 4.69) is 6.07 Å². The van der Waals surface area contributed by atoms with E-state index in [-0.39, 0.29) is 15.5 Å². The van der Waals surface area contributed by atoms with E-state index in [9.17, 15) is 13.5 Å². The summed E-state index contributed by atoms with van der Waals surface area (Å²) in [7, 11) is -3.64. The Morgan fingerprint density at radius 1 is 1.06 bits per heavy atom. The van der Waals surface area contributed by atoms with Gasteiger partial charge in [-0.3, -0.25) is 0 Å². The third kappa shape index (κ3) is 1.79. The highest BCUT2D eigenvalue weighted by Crippen LogP contribution is 2.27. The molecular weight excluding hydrogens is 224 g/mol. The van der Waals surface area contributed by atoms with E-state index in [1.165, 1.54) is 30.3 Å². The molecule has 0 aromatic heterocycles. The first kappa shape index (κ1) is 10.7. The zero-order valence-electron chi connectivity index (χ0n) is 8.29. The molecule has 0 atom stereocenters. The number of rotatable bonds is 2.